The Morgan fingerprint density at radius 3 is 2.88 bits per heavy atom. The molecule has 0 bridgehead atoms. The molecule has 0 spiro atoms. The van der Waals surface area contributed by atoms with E-state index >= 15 is 0 Å². The van der Waals surface area contributed by atoms with Gasteiger partial charge in [0, 0.05) is 6.54 Å². The highest BCUT2D eigenvalue weighted by Crippen LogP contribution is 2.17. The van der Waals surface area contributed by atoms with Crippen molar-refractivity contribution in [1.29, 1.82) is 0 Å². The summed E-state index contributed by atoms with van der Waals surface area (Å²) in [6.45, 7) is 5.07. The summed E-state index contributed by atoms with van der Waals surface area (Å²) in [6.07, 6.45) is 4.84. The summed E-state index contributed by atoms with van der Waals surface area (Å²) in [5, 5.41) is 2.86. The van der Waals surface area contributed by atoms with Gasteiger partial charge in [-0.3, -0.25) is 4.79 Å². The Morgan fingerprint density at radius 2 is 2.18 bits per heavy atom. The van der Waals surface area contributed by atoms with Gasteiger partial charge in [0.25, 0.3) is 5.91 Å². The SMILES string of the molecule is C/C=C/CCNC(=O)c1ccccc1OCC. The van der Waals surface area contributed by atoms with Gasteiger partial charge in [0.1, 0.15) is 5.75 Å². The molecule has 1 rings (SSSR count). The van der Waals surface area contributed by atoms with Crippen LogP contribution in [0, 0.1) is 0 Å². The van der Waals surface area contributed by atoms with Gasteiger partial charge in [-0.1, -0.05) is 24.3 Å². The largest absolute Gasteiger partial charge is 0.493 e. The van der Waals surface area contributed by atoms with Crippen LogP contribution in [0.5, 0.6) is 5.75 Å². The van der Waals surface area contributed by atoms with Crippen LogP contribution in [-0.4, -0.2) is 19.1 Å². The number of nitrogens with one attached hydrogen (secondary N) is 1. The second-order valence-corrected chi connectivity index (χ2v) is 3.54. The van der Waals surface area contributed by atoms with E-state index in [1.165, 1.54) is 0 Å². The van der Waals surface area contributed by atoms with Crippen LogP contribution in [0.25, 0.3) is 0 Å². The van der Waals surface area contributed by atoms with Crippen molar-refractivity contribution in [2.24, 2.45) is 0 Å². The van der Waals surface area contributed by atoms with Gasteiger partial charge in [0.15, 0.2) is 0 Å². The van der Waals surface area contributed by atoms with Crippen LogP contribution in [0.1, 0.15) is 30.6 Å². The van der Waals surface area contributed by atoms with E-state index < -0.39 is 0 Å². The number of carbonyl (C=O) groups excluding carboxylic acids is 1. The first-order valence-corrected chi connectivity index (χ1v) is 5.90. The van der Waals surface area contributed by atoms with Crippen molar-refractivity contribution < 1.29 is 9.53 Å². The molecular weight excluding hydrogens is 214 g/mol. The van der Waals surface area contributed by atoms with Crippen LogP contribution in [0.4, 0.5) is 0 Å². The van der Waals surface area contributed by atoms with Crippen molar-refractivity contribution in [2.75, 3.05) is 13.2 Å². The summed E-state index contributed by atoms with van der Waals surface area (Å²) in [6, 6.07) is 7.28. The van der Waals surface area contributed by atoms with E-state index in [2.05, 4.69) is 5.32 Å². The van der Waals surface area contributed by atoms with E-state index in [1.807, 2.05) is 44.2 Å². The van der Waals surface area contributed by atoms with Crippen molar-refractivity contribution in [2.45, 2.75) is 20.3 Å². The average Bonchev–Trinajstić information content (AvgIpc) is 2.35. The van der Waals surface area contributed by atoms with Gasteiger partial charge in [0.2, 0.25) is 0 Å². The standard InChI is InChI=1S/C14H19NO2/c1-3-5-8-11-15-14(16)12-9-6-7-10-13(12)17-4-2/h3,5-7,9-10H,4,8,11H2,1-2H3,(H,15,16)/b5-3+. The van der Waals surface area contributed by atoms with Crippen LogP contribution in [-0.2, 0) is 0 Å². The van der Waals surface area contributed by atoms with Crippen LogP contribution in [0.3, 0.4) is 0 Å². The van der Waals surface area contributed by atoms with E-state index in [4.69, 9.17) is 4.74 Å². The lowest BCUT2D eigenvalue weighted by Crippen LogP contribution is -2.24. The molecule has 3 nitrogen and oxygen atoms in total. The normalized spacial score (nSPS) is 10.5. The molecule has 0 atom stereocenters. The number of hydrogen-bond donors (Lipinski definition) is 1. The number of carbonyl (C=O) groups is 1. The zero-order chi connectivity index (χ0) is 12.5. The number of amides is 1. The zero-order valence-electron chi connectivity index (χ0n) is 10.4. The third kappa shape index (κ3) is 4.31. The monoisotopic (exact) mass is 233 g/mol. The highest BCUT2D eigenvalue weighted by molar-refractivity contribution is 5.96. The van der Waals surface area contributed by atoms with Crippen molar-refractivity contribution in [3.63, 3.8) is 0 Å². The molecule has 3 heteroatoms. The third-order valence-corrected chi connectivity index (χ3v) is 2.26. The fourth-order valence-electron chi connectivity index (χ4n) is 1.47. The van der Waals surface area contributed by atoms with E-state index in [-0.39, 0.29) is 5.91 Å². The lowest BCUT2D eigenvalue weighted by atomic mass is 10.2. The number of benzene rings is 1. The molecule has 0 saturated carbocycles. The molecule has 92 valence electrons. The third-order valence-electron chi connectivity index (χ3n) is 2.26. The van der Waals surface area contributed by atoms with Crippen molar-refractivity contribution in [3.8, 4) is 5.75 Å². The number of rotatable bonds is 6. The first-order chi connectivity index (χ1) is 8.29. The molecule has 0 fully saturated rings. The molecule has 0 aromatic heterocycles. The van der Waals surface area contributed by atoms with Gasteiger partial charge in [-0.2, -0.15) is 0 Å². The van der Waals surface area contributed by atoms with E-state index in [1.54, 1.807) is 6.07 Å². The summed E-state index contributed by atoms with van der Waals surface area (Å²) in [7, 11) is 0. The topological polar surface area (TPSA) is 38.3 Å². The first kappa shape index (κ1) is 13.3. The maximum absolute atomic E-state index is 11.9. The Bertz CT molecular complexity index is 386. The van der Waals surface area contributed by atoms with Gasteiger partial charge in [-0.15, -0.1) is 0 Å². The first-order valence-electron chi connectivity index (χ1n) is 5.90. The maximum Gasteiger partial charge on any atom is 0.255 e. The predicted octanol–water partition coefficient (Wildman–Crippen LogP) is 2.78. The number of allylic oxidation sites excluding steroid dienone is 1. The molecule has 0 aliphatic heterocycles. The second kappa shape index (κ2) is 7.49. The lowest BCUT2D eigenvalue weighted by Gasteiger charge is -2.09. The zero-order valence-corrected chi connectivity index (χ0v) is 10.4. The van der Waals surface area contributed by atoms with Crippen LogP contribution < -0.4 is 10.1 Å². The predicted molar refractivity (Wildman–Crippen MR) is 69.4 cm³/mol. The molecule has 0 aliphatic rings. The van der Waals surface area contributed by atoms with Gasteiger partial charge < -0.3 is 10.1 Å². The Balaban J connectivity index is 2.61. The second-order valence-electron chi connectivity index (χ2n) is 3.54. The average molecular weight is 233 g/mol. The molecule has 1 N–H and O–H groups in total. The van der Waals surface area contributed by atoms with E-state index in [9.17, 15) is 4.79 Å². The minimum atomic E-state index is -0.0847. The summed E-state index contributed by atoms with van der Waals surface area (Å²) in [4.78, 5) is 11.9. The highest BCUT2D eigenvalue weighted by Gasteiger charge is 2.10. The molecule has 0 heterocycles. The van der Waals surface area contributed by atoms with E-state index in [0.29, 0.717) is 24.5 Å². The molecule has 1 amide bonds. The van der Waals surface area contributed by atoms with E-state index in [0.717, 1.165) is 6.42 Å². The fraction of sp³-hybridized carbons (Fsp3) is 0.357. The molecule has 1 aromatic carbocycles. The van der Waals surface area contributed by atoms with Gasteiger partial charge in [0.05, 0.1) is 12.2 Å². The van der Waals surface area contributed by atoms with Crippen LogP contribution in [0.15, 0.2) is 36.4 Å². The molecule has 0 unspecified atom stereocenters. The smallest absolute Gasteiger partial charge is 0.255 e. The van der Waals surface area contributed by atoms with Gasteiger partial charge in [-0.05, 0) is 32.4 Å². The molecule has 1 aromatic rings. The summed E-state index contributed by atoms with van der Waals surface area (Å²) in [5.41, 5.74) is 0.592. The Kier molecular flexibility index (Phi) is 5.86. The Morgan fingerprint density at radius 1 is 1.41 bits per heavy atom. The fourth-order valence-corrected chi connectivity index (χ4v) is 1.47. The number of ether oxygens (including phenoxy) is 1. The summed E-state index contributed by atoms with van der Waals surface area (Å²) >= 11 is 0. The van der Waals surface area contributed by atoms with Crippen molar-refractivity contribution in [3.05, 3.63) is 42.0 Å². The molecule has 0 saturated heterocycles. The maximum atomic E-state index is 11.9. The highest BCUT2D eigenvalue weighted by atomic mass is 16.5. The minimum Gasteiger partial charge on any atom is -0.493 e. The van der Waals surface area contributed by atoms with Crippen LogP contribution >= 0.6 is 0 Å². The van der Waals surface area contributed by atoms with Crippen molar-refractivity contribution in [1.82, 2.24) is 5.32 Å². The molecular formula is C14H19NO2. The number of para-hydroxylation sites is 1. The Hall–Kier alpha value is -1.77. The number of hydrogen-bond acceptors (Lipinski definition) is 2. The molecule has 0 radical (unpaired) electrons. The molecule has 17 heavy (non-hydrogen) atoms. The van der Waals surface area contributed by atoms with Gasteiger partial charge in [-0.25, -0.2) is 0 Å². The van der Waals surface area contributed by atoms with Gasteiger partial charge >= 0.3 is 0 Å². The minimum absolute atomic E-state index is 0.0847. The molecule has 0 aliphatic carbocycles. The lowest BCUT2D eigenvalue weighted by molar-refractivity contribution is 0.0950. The van der Waals surface area contributed by atoms with Crippen molar-refractivity contribution >= 4 is 5.91 Å². The quantitative estimate of drug-likeness (QED) is 0.606. The summed E-state index contributed by atoms with van der Waals surface area (Å²) < 4.78 is 5.41. The van der Waals surface area contributed by atoms with Crippen LogP contribution in [0.2, 0.25) is 0 Å². The summed E-state index contributed by atoms with van der Waals surface area (Å²) in [5.74, 6) is 0.553. The Labute approximate surface area is 102 Å².